The van der Waals surface area contributed by atoms with E-state index in [1.807, 2.05) is 30.3 Å². The summed E-state index contributed by atoms with van der Waals surface area (Å²) in [7, 11) is 0. The minimum atomic E-state index is -2.88. The maximum atomic E-state index is 13.3. The molecule has 2 aliphatic rings. The number of hydrogen-bond donors (Lipinski definition) is 0. The van der Waals surface area contributed by atoms with E-state index in [9.17, 15) is 9.59 Å². The van der Waals surface area contributed by atoms with Crippen LogP contribution in [0.1, 0.15) is 90.9 Å². The van der Waals surface area contributed by atoms with Gasteiger partial charge in [0, 0.05) is 0 Å². The molecule has 0 N–H and O–H groups in total. The Labute approximate surface area is 183 Å². The van der Waals surface area contributed by atoms with E-state index in [0.29, 0.717) is 0 Å². The molecule has 3 rings (SSSR count). The Balaban J connectivity index is 1.80. The average Bonchev–Trinajstić information content (AvgIpc) is 2.79. The summed E-state index contributed by atoms with van der Waals surface area (Å²) < 4.78 is 13.1. The standard InChI is InChI=1S/C24H35IO4/c1-3-23(16-10-6-11-17-23)21(26)28-25(20-14-8-5-9-15-20)29-22(27)24(4-2)18-12-7-13-19-24/h5,8-9,14-15H,3-4,6-7,10-13,16-19H2,1-2H3. The van der Waals surface area contributed by atoms with E-state index in [0.717, 1.165) is 67.8 Å². The van der Waals surface area contributed by atoms with Gasteiger partial charge in [0.25, 0.3) is 0 Å². The number of rotatable bonds is 7. The summed E-state index contributed by atoms with van der Waals surface area (Å²) in [5.74, 6) is -0.286. The van der Waals surface area contributed by atoms with Crippen LogP contribution in [-0.4, -0.2) is 11.9 Å². The van der Waals surface area contributed by atoms with Gasteiger partial charge in [-0.2, -0.15) is 0 Å². The Morgan fingerprint density at radius 3 is 1.55 bits per heavy atom. The monoisotopic (exact) mass is 514 g/mol. The molecule has 29 heavy (non-hydrogen) atoms. The van der Waals surface area contributed by atoms with Crippen molar-refractivity contribution in [2.45, 2.75) is 90.9 Å². The quantitative estimate of drug-likeness (QED) is 0.368. The summed E-state index contributed by atoms with van der Waals surface area (Å²) in [4.78, 5) is 26.5. The zero-order chi connectivity index (χ0) is 20.7. The Hall–Kier alpha value is -1.11. The zero-order valence-corrected chi connectivity index (χ0v) is 20.0. The molecule has 0 bridgehead atoms. The van der Waals surface area contributed by atoms with Crippen molar-refractivity contribution in [3.63, 3.8) is 0 Å². The number of hydrogen-bond acceptors (Lipinski definition) is 4. The van der Waals surface area contributed by atoms with Crippen molar-refractivity contribution in [2.75, 3.05) is 0 Å². The molecule has 1 aromatic carbocycles. The molecule has 1 aromatic rings. The van der Waals surface area contributed by atoms with Crippen molar-refractivity contribution >= 4 is 32.6 Å². The van der Waals surface area contributed by atoms with Crippen LogP contribution in [0.5, 0.6) is 0 Å². The molecule has 0 atom stereocenters. The first kappa shape index (κ1) is 22.6. The Kier molecular flexibility index (Phi) is 7.99. The van der Waals surface area contributed by atoms with Gasteiger partial charge in [-0.05, 0) is 0 Å². The van der Waals surface area contributed by atoms with Crippen LogP contribution >= 0.6 is 20.6 Å². The predicted octanol–water partition coefficient (Wildman–Crippen LogP) is 7.00. The first-order chi connectivity index (χ1) is 14.1. The van der Waals surface area contributed by atoms with Crippen LogP contribution in [-0.2, 0) is 15.7 Å². The molecule has 0 saturated heterocycles. The molecule has 5 heteroatoms. The molecule has 2 fully saturated rings. The summed E-state index contributed by atoms with van der Waals surface area (Å²) in [6.07, 6.45) is 11.8. The molecule has 0 radical (unpaired) electrons. The molecule has 162 valence electrons. The molecule has 2 aliphatic carbocycles. The van der Waals surface area contributed by atoms with Gasteiger partial charge in [0.15, 0.2) is 0 Å². The Bertz CT molecular complexity index is 635. The first-order valence-electron chi connectivity index (χ1n) is 11.3. The van der Waals surface area contributed by atoms with Gasteiger partial charge in [0.1, 0.15) is 0 Å². The van der Waals surface area contributed by atoms with Crippen LogP contribution in [0.3, 0.4) is 0 Å². The first-order valence-corrected chi connectivity index (χ1v) is 14.1. The van der Waals surface area contributed by atoms with E-state index in [1.54, 1.807) is 0 Å². The van der Waals surface area contributed by atoms with Gasteiger partial charge in [-0.3, -0.25) is 0 Å². The van der Waals surface area contributed by atoms with Gasteiger partial charge in [0.05, 0.1) is 0 Å². The Morgan fingerprint density at radius 1 is 0.759 bits per heavy atom. The number of carbonyl (C=O) groups is 2. The Morgan fingerprint density at radius 2 is 1.17 bits per heavy atom. The average molecular weight is 514 g/mol. The summed E-state index contributed by atoms with van der Waals surface area (Å²) in [6.45, 7) is 4.15. The SMILES string of the molecule is CCC1(C(=O)OI(OC(=O)C2(CC)CCCCC2)c2ccccc2)CCCCC1. The van der Waals surface area contributed by atoms with E-state index >= 15 is 0 Å². The minimum absolute atomic E-state index is 0.143. The fourth-order valence-corrected chi connectivity index (χ4v) is 8.04. The second-order valence-corrected chi connectivity index (χ2v) is 12.0. The molecule has 0 aliphatic heterocycles. The molecule has 0 heterocycles. The van der Waals surface area contributed by atoms with E-state index in [-0.39, 0.29) is 11.9 Å². The van der Waals surface area contributed by atoms with Crippen LogP contribution in [0.2, 0.25) is 0 Å². The van der Waals surface area contributed by atoms with Gasteiger partial charge in [-0.1, -0.05) is 0 Å². The van der Waals surface area contributed by atoms with Crippen LogP contribution in [0.15, 0.2) is 30.3 Å². The molecule has 4 nitrogen and oxygen atoms in total. The fraction of sp³-hybridized carbons (Fsp3) is 0.667. The van der Waals surface area contributed by atoms with Crippen LogP contribution < -0.4 is 0 Å². The summed E-state index contributed by atoms with van der Waals surface area (Å²) in [6, 6.07) is 9.65. The van der Waals surface area contributed by atoms with E-state index in [4.69, 9.17) is 6.13 Å². The summed E-state index contributed by atoms with van der Waals surface area (Å²) in [5, 5.41) is 0. The summed E-state index contributed by atoms with van der Waals surface area (Å²) >= 11 is -2.88. The predicted molar refractivity (Wildman–Crippen MR) is 123 cm³/mol. The van der Waals surface area contributed by atoms with Crippen molar-refractivity contribution < 1.29 is 15.7 Å². The third-order valence-electron chi connectivity index (χ3n) is 7.03. The topological polar surface area (TPSA) is 52.6 Å². The van der Waals surface area contributed by atoms with Gasteiger partial charge >= 0.3 is 184 Å². The van der Waals surface area contributed by atoms with Gasteiger partial charge in [-0.25, -0.2) is 0 Å². The second-order valence-electron chi connectivity index (χ2n) is 8.63. The molecule has 0 unspecified atom stereocenters. The molecule has 0 aromatic heterocycles. The number of benzene rings is 1. The molecule has 0 amide bonds. The van der Waals surface area contributed by atoms with Crippen molar-refractivity contribution in [3.05, 3.63) is 33.9 Å². The van der Waals surface area contributed by atoms with E-state index in [1.165, 1.54) is 12.8 Å². The van der Waals surface area contributed by atoms with Crippen LogP contribution in [0, 0.1) is 14.4 Å². The number of halogens is 1. The molecular formula is C24H35IO4. The van der Waals surface area contributed by atoms with Crippen LogP contribution in [0.4, 0.5) is 0 Å². The van der Waals surface area contributed by atoms with E-state index < -0.39 is 31.5 Å². The van der Waals surface area contributed by atoms with Crippen molar-refractivity contribution in [2.24, 2.45) is 10.8 Å². The van der Waals surface area contributed by atoms with E-state index in [2.05, 4.69) is 13.8 Å². The second kappa shape index (κ2) is 10.3. The third-order valence-corrected chi connectivity index (χ3v) is 10.4. The maximum absolute atomic E-state index is 13.3. The molecular weight excluding hydrogens is 479 g/mol. The molecule has 0 spiro atoms. The van der Waals surface area contributed by atoms with Crippen molar-refractivity contribution in [1.82, 2.24) is 0 Å². The molecule has 2 saturated carbocycles. The zero-order valence-electron chi connectivity index (χ0n) is 17.9. The van der Waals surface area contributed by atoms with Gasteiger partial charge < -0.3 is 0 Å². The van der Waals surface area contributed by atoms with Crippen molar-refractivity contribution in [1.29, 1.82) is 0 Å². The van der Waals surface area contributed by atoms with Gasteiger partial charge in [0.2, 0.25) is 0 Å². The van der Waals surface area contributed by atoms with Crippen molar-refractivity contribution in [3.8, 4) is 0 Å². The van der Waals surface area contributed by atoms with Gasteiger partial charge in [-0.15, -0.1) is 0 Å². The fourth-order valence-electron chi connectivity index (χ4n) is 4.77. The third kappa shape index (κ3) is 5.15. The van der Waals surface area contributed by atoms with Crippen LogP contribution in [0.25, 0.3) is 0 Å². The summed E-state index contributed by atoms with van der Waals surface area (Å²) in [5.41, 5.74) is -0.801. The normalized spacial score (nSPS) is 21.1. The number of carbonyl (C=O) groups excluding carboxylic acids is 2.